The first-order chi connectivity index (χ1) is 7.19. The zero-order chi connectivity index (χ0) is 11.3. The predicted octanol–water partition coefficient (Wildman–Crippen LogP) is 3.03. The number of nitrogens with two attached hydrogens (primary N) is 1. The van der Waals surface area contributed by atoms with Gasteiger partial charge in [0.1, 0.15) is 11.6 Å². The molecule has 2 N–H and O–H groups in total. The van der Waals surface area contributed by atoms with Gasteiger partial charge < -0.3 is 5.73 Å². The largest absolute Gasteiger partial charge is 0.383 e. The van der Waals surface area contributed by atoms with E-state index in [-0.39, 0.29) is 0 Å². The predicted molar refractivity (Wildman–Crippen MR) is 70.0 cm³/mol. The van der Waals surface area contributed by atoms with Gasteiger partial charge in [-0.1, -0.05) is 13.8 Å². The summed E-state index contributed by atoms with van der Waals surface area (Å²) in [6.07, 6.45) is 2.05. The van der Waals surface area contributed by atoms with E-state index in [9.17, 15) is 0 Å². The third-order valence-electron chi connectivity index (χ3n) is 1.91. The van der Waals surface area contributed by atoms with Crippen molar-refractivity contribution < 1.29 is 0 Å². The smallest absolute Gasteiger partial charge is 0.141 e. The number of hydrogen-bond donors (Lipinski definition) is 1. The Morgan fingerprint density at radius 1 is 1.33 bits per heavy atom. The molecule has 0 saturated carbocycles. The Morgan fingerprint density at radius 3 is 2.67 bits per heavy atom. The van der Waals surface area contributed by atoms with Crippen molar-refractivity contribution >= 4 is 33.5 Å². The second-order valence-electron chi connectivity index (χ2n) is 3.19. The van der Waals surface area contributed by atoms with Crippen molar-refractivity contribution in [2.24, 2.45) is 0 Å². The lowest BCUT2D eigenvalue weighted by atomic mass is 10.3. The molecule has 0 spiro atoms. The molecule has 84 valence electrons. The number of hydrogen-bond acceptors (Lipinski definition) is 4. The highest BCUT2D eigenvalue weighted by atomic mass is 79.9. The lowest BCUT2D eigenvalue weighted by Crippen LogP contribution is -2.04. The van der Waals surface area contributed by atoms with Gasteiger partial charge in [-0.05, 0) is 34.5 Å². The normalized spacial score (nSPS) is 10.6. The van der Waals surface area contributed by atoms with Crippen LogP contribution >= 0.6 is 27.7 Å². The summed E-state index contributed by atoms with van der Waals surface area (Å²) < 4.78 is 0.842. The van der Waals surface area contributed by atoms with Gasteiger partial charge in [0.05, 0.1) is 15.9 Å². The van der Waals surface area contributed by atoms with Crippen LogP contribution in [0.3, 0.4) is 0 Å². The first-order valence-electron chi connectivity index (χ1n) is 5.07. The number of nitrogen functional groups attached to an aromatic ring is 1. The molecule has 0 amide bonds. The Morgan fingerprint density at radius 2 is 2.07 bits per heavy atom. The molecule has 0 radical (unpaired) electrons. The molecule has 1 heterocycles. The molecule has 0 unspecified atom stereocenters. The summed E-state index contributed by atoms with van der Waals surface area (Å²) in [5, 5.41) is 0. The summed E-state index contributed by atoms with van der Waals surface area (Å²) in [6.45, 7) is 4.23. The van der Waals surface area contributed by atoms with Crippen LogP contribution in [-0.4, -0.2) is 15.7 Å². The van der Waals surface area contributed by atoms with Crippen LogP contribution in [0.4, 0.5) is 5.82 Å². The van der Waals surface area contributed by atoms with Crippen molar-refractivity contribution in [3.05, 3.63) is 16.0 Å². The molecule has 0 atom stereocenters. The minimum atomic E-state index is 0.550. The molecule has 0 fully saturated rings. The topological polar surface area (TPSA) is 51.8 Å². The van der Waals surface area contributed by atoms with Crippen LogP contribution in [-0.2, 0) is 12.2 Å². The van der Waals surface area contributed by atoms with Gasteiger partial charge in [0.15, 0.2) is 0 Å². The van der Waals surface area contributed by atoms with E-state index in [1.165, 1.54) is 6.42 Å². The molecule has 3 nitrogen and oxygen atoms in total. The van der Waals surface area contributed by atoms with Crippen molar-refractivity contribution in [1.29, 1.82) is 0 Å². The highest BCUT2D eigenvalue weighted by Gasteiger charge is 2.08. The molecule has 0 aromatic carbocycles. The molecule has 1 aromatic rings. The number of thioether (sulfide) groups is 1. The molecular weight excluding hydrogens is 274 g/mol. The summed E-state index contributed by atoms with van der Waals surface area (Å²) in [5.74, 6) is 3.37. The number of nitrogens with zero attached hydrogens (tertiary/aromatic N) is 2. The van der Waals surface area contributed by atoms with Crippen molar-refractivity contribution in [1.82, 2.24) is 9.97 Å². The fourth-order valence-corrected chi connectivity index (χ4v) is 2.37. The first-order valence-corrected chi connectivity index (χ1v) is 7.02. The fourth-order valence-electron chi connectivity index (χ4n) is 1.17. The van der Waals surface area contributed by atoms with Gasteiger partial charge in [-0.25, -0.2) is 9.97 Å². The van der Waals surface area contributed by atoms with Crippen LogP contribution in [0.2, 0.25) is 0 Å². The number of rotatable bonds is 5. The van der Waals surface area contributed by atoms with Crippen molar-refractivity contribution in [3.8, 4) is 0 Å². The number of aryl methyl sites for hydroxylation is 1. The molecule has 0 aliphatic rings. The Kier molecular flexibility index (Phi) is 5.39. The van der Waals surface area contributed by atoms with Crippen molar-refractivity contribution in [2.45, 2.75) is 32.4 Å². The van der Waals surface area contributed by atoms with Crippen LogP contribution in [0.25, 0.3) is 0 Å². The molecule has 0 saturated heterocycles. The van der Waals surface area contributed by atoms with Crippen LogP contribution in [0.15, 0.2) is 4.47 Å². The maximum absolute atomic E-state index is 5.79. The highest BCUT2D eigenvalue weighted by Crippen LogP contribution is 2.22. The number of aromatic nitrogens is 2. The second-order valence-corrected chi connectivity index (χ2v) is 5.09. The average molecular weight is 290 g/mol. The van der Waals surface area contributed by atoms with Gasteiger partial charge >= 0.3 is 0 Å². The monoisotopic (exact) mass is 289 g/mol. The van der Waals surface area contributed by atoms with E-state index in [0.717, 1.165) is 33.9 Å². The van der Waals surface area contributed by atoms with Crippen molar-refractivity contribution in [3.63, 3.8) is 0 Å². The fraction of sp³-hybridized carbons (Fsp3) is 0.600. The molecule has 5 heteroatoms. The van der Waals surface area contributed by atoms with Crippen LogP contribution in [0, 0.1) is 0 Å². The van der Waals surface area contributed by atoms with Crippen molar-refractivity contribution in [2.75, 3.05) is 11.5 Å². The lowest BCUT2D eigenvalue weighted by Gasteiger charge is -2.06. The van der Waals surface area contributed by atoms with Gasteiger partial charge in [0, 0.05) is 0 Å². The van der Waals surface area contributed by atoms with E-state index in [2.05, 4.69) is 39.7 Å². The van der Waals surface area contributed by atoms with Gasteiger partial charge in [0.2, 0.25) is 0 Å². The number of halogens is 1. The summed E-state index contributed by atoms with van der Waals surface area (Å²) in [6, 6.07) is 0. The SMILES string of the molecule is CCCSCc1nc(N)c(Br)c(CC)n1. The standard InChI is InChI=1S/C10H16BrN3S/c1-3-5-15-6-8-13-7(4-2)9(11)10(12)14-8/h3-6H2,1-2H3,(H2,12,13,14). The minimum Gasteiger partial charge on any atom is -0.383 e. The van der Waals surface area contributed by atoms with Gasteiger partial charge in [-0.2, -0.15) is 11.8 Å². The van der Waals surface area contributed by atoms with E-state index in [1.54, 1.807) is 0 Å². The molecule has 1 rings (SSSR count). The van der Waals surface area contributed by atoms with E-state index in [4.69, 9.17) is 5.73 Å². The van der Waals surface area contributed by atoms with Gasteiger partial charge in [0.25, 0.3) is 0 Å². The second kappa shape index (κ2) is 6.33. The van der Waals surface area contributed by atoms with Crippen LogP contribution in [0.5, 0.6) is 0 Å². The zero-order valence-electron chi connectivity index (χ0n) is 9.09. The van der Waals surface area contributed by atoms with E-state index in [0.29, 0.717) is 5.82 Å². The number of anilines is 1. The van der Waals surface area contributed by atoms with E-state index >= 15 is 0 Å². The van der Waals surface area contributed by atoms with Crippen LogP contribution in [0.1, 0.15) is 31.8 Å². The van der Waals surface area contributed by atoms with Gasteiger partial charge in [-0.3, -0.25) is 0 Å². The van der Waals surface area contributed by atoms with E-state index < -0.39 is 0 Å². The summed E-state index contributed by atoms with van der Waals surface area (Å²) >= 11 is 5.24. The molecular formula is C10H16BrN3S. The lowest BCUT2D eigenvalue weighted by molar-refractivity contribution is 0.933. The summed E-state index contributed by atoms with van der Waals surface area (Å²) in [5.41, 5.74) is 6.79. The third-order valence-corrected chi connectivity index (χ3v) is 3.93. The molecule has 0 aliphatic carbocycles. The highest BCUT2D eigenvalue weighted by molar-refractivity contribution is 9.10. The summed E-state index contributed by atoms with van der Waals surface area (Å²) in [4.78, 5) is 8.72. The Bertz CT molecular complexity index is 331. The van der Waals surface area contributed by atoms with Gasteiger partial charge in [-0.15, -0.1) is 0 Å². The average Bonchev–Trinajstić information content (AvgIpc) is 2.23. The molecule has 0 aliphatic heterocycles. The molecule has 1 aromatic heterocycles. The Labute approximate surface area is 103 Å². The zero-order valence-corrected chi connectivity index (χ0v) is 11.5. The van der Waals surface area contributed by atoms with Crippen LogP contribution < -0.4 is 5.73 Å². The molecule has 15 heavy (non-hydrogen) atoms. The van der Waals surface area contributed by atoms with E-state index in [1.807, 2.05) is 11.8 Å². The third kappa shape index (κ3) is 3.65. The maximum Gasteiger partial charge on any atom is 0.141 e. The quantitative estimate of drug-likeness (QED) is 0.847. The minimum absolute atomic E-state index is 0.550. The maximum atomic E-state index is 5.79. The summed E-state index contributed by atoms with van der Waals surface area (Å²) in [7, 11) is 0. The first kappa shape index (κ1) is 12.8. The Balaban J connectivity index is 2.77. The Hall–Kier alpha value is -0.290. The molecule has 0 bridgehead atoms.